The Morgan fingerprint density at radius 1 is 1.35 bits per heavy atom. The van der Waals surface area contributed by atoms with Crippen LogP contribution in [-0.2, 0) is 5.54 Å². The number of thioether (sulfide) groups is 1. The molecule has 4 heterocycles. The first-order valence-electron chi connectivity index (χ1n) is 8.03. The average Bonchev–Trinajstić information content (AvgIpc) is 3.22. The number of nitrogens with two attached hydrogens (primary N) is 1. The molecular formula is C16H22Cl2N6S2. The van der Waals surface area contributed by atoms with Crippen LogP contribution in [0.1, 0.15) is 30.3 Å². The van der Waals surface area contributed by atoms with Gasteiger partial charge in [-0.05, 0) is 12.0 Å². The lowest BCUT2D eigenvalue weighted by Crippen LogP contribution is -2.39. The van der Waals surface area contributed by atoms with Crippen LogP contribution in [0.25, 0.3) is 0 Å². The Morgan fingerprint density at radius 3 is 2.85 bits per heavy atom. The molecule has 0 radical (unpaired) electrons. The first-order valence-corrected chi connectivity index (χ1v) is 9.90. The fraction of sp³-hybridized carbons (Fsp3) is 0.500. The summed E-state index contributed by atoms with van der Waals surface area (Å²) in [5.41, 5.74) is 8.70. The second-order valence-electron chi connectivity index (χ2n) is 6.56. The van der Waals surface area contributed by atoms with E-state index in [-0.39, 0.29) is 30.4 Å². The number of anilines is 1. The quantitative estimate of drug-likeness (QED) is 0.800. The molecule has 2 aliphatic rings. The number of aliphatic imine (C=N–C) groups is 1. The molecule has 2 N–H and O–H groups in total. The standard InChI is InChI=1S/C16H20N6S2.2ClH/c1-10(2)12-3-4-19-15(20-12)22-6-11-7-23-14(17)21-16(11,8-22)13-5-18-9-24-13;;/h3-5,9-11H,6-8H2,1-2H3,(H2,17,21);2*1H/t11-,16?;;/m0../s1. The number of rotatable bonds is 3. The van der Waals surface area contributed by atoms with Crippen LogP contribution in [0.5, 0.6) is 0 Å². The monoisotopic (exact) mass is 432 g/mol. The molecule has 1 unspecified atom stereocenters. The summed E-state index contributed by atoms with van der Waals surface area (Å²) in [7, 11) is 0. The molecule has 4 rings (SSSR count). The molecule has 26 heavy (non-hydrogen) atoms. The third-order valence-electron chi connectivity index (χ3n) is 4.69. The number of aromatic nitrogens is 3. The molecule has 0 bridgehead atoms. The number of fused-ring (bicyclic) bond motifs is 1. The summed E-state index contributed by atoms with van der Waals surface area (Å²) in [6.45, 7) is 5.94. The van der Waals surface area contributed by atoms with Gasteiger partial charge in [-0.1, -0.05) is 25.6 Å². The minimum absolute atomic E-state index is 0. The zero-order valence-corrected chi connectivity index (χ0v) is 17.8. The minimum Gasteiger partial charge on any atom is -0.379 e. The highest BCUT2D eigenvalue weighted by Gasteiger charge is 2.51. The lowest BCUT2D eigenvalue weighted by molar-refractivity contribution is 0.394. The number of hydrogen-bond donors (Lipinski definition) is 1. The molecule has 2 atom stereocenters. The van der Waals surface area contributed by atoms with Crippen LogP contribution >= 0.6 is 47.9 Å². The molecule has 6 nitrogen and oxygen atoms in total. The summed E-state index contributed by atoms with van der Waals surface area (Å²) in [4.78, 5) is 21.8. The van der Waals surface area contributed by atoms with Gasteiger partial charge in [0.2, 0.25) is 5.95 Å². The lowest BCUT2D eigenvalue weighted by Gasteiger charge is -2.32. The normalized spacial score (nSPS) is 24.5. The van der Waals surface area contributed by atoms with Gasteiger partial charge in [-0.15, -0.1) is 36.2 Å². The van der Waals surface area contributed by atoms with E-state index in [2.05, 4.69) is 28.7 Å². The van der Waals surface area contributed by atoms with Crippen LogP contribution in [-0.4, -0.2) is 39.0 Å². The maximum Gasteiger partial charge on any atom is 0.225 e. The van der Waals surface area contributed by atoms with Crippen LogP contribution in [0.3, 0.4) is 0 Å². The molecule has 1 fully saturated rings. The van der Waals surface area contributed by atoms with Crippen molar-refractivity contribution in [1.82, 2.24) is 15.0 Å². The smallest absolute Gasteiger partial charge is 0.225 e. The highest BCUT2D eigenvalue weighted by molar-refractivity contribution is 8.13. The summed E-state index contributed by atoms with van der Waals surface area (Å²) in [6, 6.07) is 1.99. The van der Waals surface area contributed by atoms with Gasteiger partial charge in [0.1, 0.15) is 5.54 Å². The fourth-order valence-electron chi connectivity index (χ4n) is 3.39. The molecule has 0 aromatic carbocycles. The summed E-state index contributed by atoms with van der Waals surface area (Å²) in [5.74, 6) is 2.53. The highest BCUT2D eigenvalue weighted by atomic mass is 35.5. The van der Waals surface area contributed by atoms with Gasteiger partial charge >= 0.3 is 0 Å². The zero-order valence-electron chi connectivity index (χ0n) is 14.5. The number of halogens is 2. The second kappa shape index (κ2) is 8.29. The van der Waals surface area contributed by atoms with Gasteiger partial charge in [0.25, 0.3) is 0 Å². The predicted octanol–water partition coefficient (Wildman–Crippen LogP) is 3.29. The van der Waals surface area contributed by atoms with Gasteiger partial charge in [-0.2, -0.15) is 0 Å². The SMILES string of the molecule is CC(C)c1ccnc(N2C[C@H]3CSC(N)=NC3(c3cncs3)C2)n1.Cl.Cl. The van der Waals surface area contributed by atoms with Crippen molar-refractivity contribution < 1.29 is 0 Å². The molecule has 0 aliphatic carbocycles. The van der Waals surface area contributed by atoms with Crippen LogP contribution < -0.4 is 10.6 Å². The topological polar surface area (TPSA) is 80.3 Å². The van der Waals surface area contributed by atoms with Gasteiger partial charge in [0.15, 0.2) is 5.17 Å². The van der Waals surface area contributed by atoms with Crippen molar-refractivity contribution >= 4 is 59.0 Å². The number of hydrogen-bond acceptors (Lipinski definition) is 8. The molecule has 10 heteroatoms. The molecule has 2 aromatic rings. The molecular weight excluding hydrogens is 411 g/mol. The Kier molecular flexibility index (Phi) is 6.76. The van der Waals surface area contributed by atoms with Crippen LogP contribution in [0.4, 0.5) is 5.95 Å². The van der Waals surface area contributed by atoms with E-state index in [1.54, 1.807) is 23.1 Å². The van der Waals surface area contributed by atoms with Crippen molar-refractivity contribution in [1.29, 1.82) is 0 Å². The first-order chi connectivity index (χ1) is 11.6. The molecule has 142 valence electrons. The third-order valence-corrected chi connectivity index (χ3v) is 6.58. The van der Waals surface area contributed by atoms with Crippen LogP contribution in [0.2, 0.25) is 0 Å². The van der Waals surface area contributed by atoms with Gasteiger partial charge in [-0.3, -0.25) is 4.98 Å². The predicted molar refractivity (Wildman–Crippen MR) is 114 cm³/mol. The Labute approximate surface area is 173 Å². The van der Waals surface area contributed by atoms with Crippen molar-refractivity contribution in [3.8, 4) is 0 Å². The number of amidine groups is 1. The van der Waals surface area contributed by atoms with E-state index in [4.69, 9.17) is 15.7 Å². The van der Waals surface area contributed by atoms with Crippen molar-refractivity contribution in [3.05, 3.63) is 34.5 Å². The lowest BCUT2D eigenvalue weighted by atomic mass is 9.87. The van der Waals surface area contributed by atoms with E-state index in [0.29, 0.717) is 17.0 Å². The zero-order chi connectivity index (χ0) is 16.7. The van der Waals surface area contributed by atoms with E-state index >= 15 is 0 Å². The van der Waals surface area contributed by atoms with Crippen LogP contribution in [0.15, 0.2) is 29.0 Å². The number of thiazole rings is 1. The Hall–Kier alpha value is -1.09. The third kappa shape index (κ3) is 3.65. The van der Waals surface area contributed by atoms with E-state index in [9.17, 15) is 0 Å². The average molecular weight is 433 g/mol. The second-order valence-corrected chi connectivity index (χ2v) is 8.49. The van der Waals surface area contributed by atoms with Crippen molar-refractivity contribution in [2.75, 3.05) is 23.7 Å². The Bertz CT molecular complexity index is 770. The molecule has 0 amide bonds. The molecule has 1 saturated heterocycles. The van der Waals surface area contributed by atoms with Crippen molar-refractivity contribution in [2.45, 2.75) is 25.3 Å². The van der Waals surface area contributed by atoms with Crippen LogP contribution in [0, 0.1) is 5.92 Å². The summed E-state index contributed by atoms with van der Waals surface area (Å²) >= 11 is 3.29. The fourth-order valence-corrected chi connectivity index (χ4v) is 5.20. The molecule has 0 saturated carbocycles. The van der Waals surface area contributed by atoms with Gasteiger partial charge in [0.05, 0.1) is 16.9 Å². The van der Waals surface area contributed by atoms with Crippen molar-refractivity contribution in [3.63, 3.8) is 0 Å². The van der Waals surface area contributed by atoms with E-state index in [1.165, 1.54) is 4.88 Å². The molecule has 2 aliphatic heterocycles. The highest BCUT2D eigenvalue weighted by Crippen LogP contribution is 2.47. The Balaban J connectivity index is 0.00000121. The summed E-state index contributed by atoms with van der Waals surface area (Å²) in [5, 5.41) is 0.665. The minimum atomic E-state index is -0.312. The van der Waals surface area contributed by atoms with Gasteiger partial charge in [-0.25, -0.2) is 15.0 Å². The Morgan fingerprint density at radius 2 is 2.15 bits per heavy atom. The van der Waals surface area contributed by atoms with Gasteiger partial charge < -0.3 is 10.6 Å². The van der Waals surface area contributed by atoms with E-state index in [0.717, 1.165) is 30.5 Å². The summed E-state index contributed by atoms with van der Waals surface area (Å²) < 4.78 is 0. The largest absolute Gasteiger partial charge is 0.379 e. The molecule has 2 aromatic heterocycles. The number of nitrogens with zero attached hydrogens (tertiary/aromatic N) is 5. The van der Waals surface area contributed by atoms with Crippen molar-refractivity contribution in [2.24, 2.45) is 16.6 Å². The first kappa shape index (κ1) is 21.2. The summed E-state index contributed by atoms with van der Waals surface area (Å²) in [6.07, 6.45) is 3.78. The van der Waals surface area contributed by atoms with E-state index in [1.807, 2.05) is 24.0 Å². The molecule has 0 spiro atoms. The van der Waals surface area contributed by atoms with Gasteiger partial charge in [0, 0.05) is 36.3 Å². The van der Waals surface area contributed by atoms with E-state index < -0.39 is 0 Å². The maximum atomic E-state index is 6.08. The maximum absolute atomic E-state index is 6.08.